The first-order valence-corrected chi connectivity index (χ1v) is 7.79. The van der Waals surface area contributed by atoms with Crippen molar-refractivity contribution in [1.82, 2.24) is 20.4 Å². The minimum absolute atomic E-state index is 0.0421. The molecule has 2 heterocycles. The zero-order valence-corrected chi connectivity index (χ0v) is 13.1. The monoisotopic (exact) mass is 312 g/mol. The third kappa shape index (κ3) is 3.41. The number of carbonyl (C=O) groups excluding carboxylic acids is 2. The van der Waals surface area contributed by atoms with Crippen LogP contribution in [0.4, 0.5) is 0 Å². The summed E-state index contributed by atoms with van der Waals surface area (Å²) in [6, 6.07) is 10.1. The van der Waals surface area contributed by atoms with E-state index < -0.39 is 0 Å². The number of fused-ring (bicyclic) bond motifs is 1. The fourth-order valence-electron chi connectivity index (χ4n) is 2.88. The lowest BCUT2D eigenvalue weighted by atomic mass is 10.0. The smallest absolute Gasteiger partial charge is 0.241 e. The number of hydrogen-bond donors (Lipinski definition) is 2. The second-order valence-electron chi connectivity index (χ2n) is 5.69. The summed E-state index contributed by atoms with van der Waals surface area (Å²) in [6.45, 7) is 2.76. The van der Waals surface area contributed by atoms with Gasteiger partial charge < -0.3 is 10.2 Å². The molecule has 0 bridgehead atoms. The first-order valence-electron chi connectivity index (χ1n) is 7.79. The molecule has 0 atom stereocenters. The molecular formula is C17H20N4O2. The van der Waals surface area contributed by atoms with Gasteiger partial charge in [-0.3, -0.25) is 14.7 Å². The zero-order chi connectivity index (χ0) is 16.2. The van der Waals surface area contributed by atoms with E-state index in [9.17, 15) is 9.59 Å². The molecule has 0 radical (unpaired) electrons. The highest BCUT2D eigenvalue weighted by molar-refractivity contribution is 5.83. The molecule has 0 aliphatic carbocycles. The Morgan fingerprint density at radius 2 is 1.96 bits per heavy atom. The average molecular weight is 312 g/mol. The van der Waals surface area contributed by atoms with Crippen LogP contribution in [0.25, 0.3) is 11.3 Å². The van der Waals surface area contributed by atoms with Gasteiger partial charge in [0.25, 0.3) is 0 Å². The van der Waals surface area contributed by atoms with E-state index in [4.69, 9.17) is 0 Å². The molecule has 23 heavy (non-hydrogen) atoms. The lowest BCUT2D eigenvalue weighted by molar-refractivity contribution is -0.132. The number of rotatable bonds is 3. The molecule has 2 amide bonds. The summed E-state index contributed by atoms with van der Waals surface area (Å²) in [5, 5.41) is 10.1. The number of aromatic amines is 1. The second-order valence-corrected chi connectivity index (χ2v) is 5.69. The van der Waals surface area contributed by atoms with E-state index in [1.54, 1.807) is 4.90 Å². The zero-order valence-electron chi connectivity index (χ0n) is 13.1. The largest absolute Gasteiger partial charge is 0.347 e. The fraction of sp³-hybridized carbons (Fsp3) is 0.353. The van der Waals surface area contributed by atoms with Crippen molar-refractivity contribution in [3.8, 4) is 11.3 Å². The van der Waals surface area contributed by atoms with Crippen molar-refractivity contribution in [2.75, 3.05) is 19.6 Å². The van der Waals surface area contributed by atoms with Crippen LogP contribution in [0, 0.1) is 0 Å². The first kappa shape index (κ1) is 15.3. The van der Waals surface area contributed by atoms with E-state index in [0.717, 1.165) is 29.8 Å². The Bertz CT molecular complexity index is 709. The number of nitrogens with zero attached hydrogens (tertiary/aromatic N) is 2. The summed E-state index contributed by atoms with van der Waals surface area (Å²) in [7, 11) is 0. The van der Waals surface area contributed by atoms with Gasteiger partial charge in [-0.15, -0.1) is 0 Å². The summed E-state index contributed by atoms with van der Waals surface area (Å²) in [5.41, 5.74) is 4.34. The Hall–Kier alpha value is -2.63. The van der Waals surface area contributed by atoms with Gasteiger partial charge in [0.05, 0.1) is 12.2 Å². The number of amides is 2. The third-order valence-corrected chi connectivity index (χ3v) is 4.10. The standard InChI is InChI=1S/C17H20N4O2/c1-12(22)18-11-16(23)21-9-7-14-15(8-10-21)19-20-17(14)13-5-3-2-4-6-13/h2-6H,7-11H2,1H3,(H,18,22)(H,19,20). The molecule has 1 aromatic carbocycles. The molecule has 0 saturated heterocycles. The van der Waals surface area contributed by atoms with Crippen molar-refractivity contribution >= 4 is 11.8 Å². The highest BCUT2D eigenvalue weighted by Crippen LogP contribution is 2.26. The van der Waals surface area contributed by atoms with Crippen LogP contribution < -0.4 is 5.32 Å². The normalized spacial score (nSPS) is 14.0. The molecule has 1 aliphatic rings. The SMILES string of the molecule is CC(=O)NCC(=O)N1CCc2[nH]nc(-c3ccccc3)c2CC1. The number of nitrogens with one attached hydrogen (secondary N) is 2. The van der Waals surface area contributed by atoms with Crippen molar-refractivity contribution in [1.29, 1.82) is 0 Å². The molecule has 0 saturated carbocycles. The molecule has 0 spiro atoms. The van der Waals surface area contributed by atoms with Crippen molar-refractivity contribution in [3.05, 3.63) is 41.6 Å². The van der Waals surface area contributed by atoms with Crippen LogP contribution in [0.5, 0.6) is 0 Å². The van der Waals surface area contributed by atoms with Gasteiger partial charge in [-0.2, -0.15) is 5.10 Å². The van der Waals surface area contributed by atoms with Gasteiger partial charge >= 0.3 is 0 Å². The van der Waals surface area contributed by atoms with Gasteiger partial charge in [0.2, 0.25) is 11.8 Å². The Kier molecular flexibility index (Phi) is 4.41. The van der Waals surface area contributed by atoms with E-state index in [1.807, 2.05) is 30.3 Å². The highest BCUT2D eigenvalue weighted by atomic mass is 16.2. The maximum atomic E-state index is 12.2. The quantitative estimate of drug-likeness (QED) is 0.892. The average Bonchev–Trinajstić information content (AvgIpc) is 2.85. The van der Waals surface area contributed by atoms with Gasteiger partial charge in [0.1, 0.15) is 0 Å². The van der Waals surface area contributed by atoms with Gasteiger partial charge in [0.15, 0.2) is 0 Å². The fourth-order valence-corrected chi connectivity index (χ4v) is 2.88. The van der Waals surface area contributed by atoms with E-state index in [0.29, 0.717) is 13.1 Å². The maximum Gasteiger partial charge on any atom is 0.241 e. The number of carbonyl (C=O) groups is 2. The number of H-pyrrole nitrogens is 1. The lowest BCUT2D eigenvalue weighted by Crippen LogP contribution is -2.40. The third-order valence-electron chi connectivity index (χ3n) is 4.10. The van der Waals surface area contributed by atoms with Gasteiger partial charge in [-0.1, -0.05) is 30.3 Å². The van der Waals surface area contributed by atoms with Crippen LogP contribution in [0.1, 0.15) is 18.2 Å². The van der Waals surface area contributed by atoms with E-state index >= 15 is 0 Å². The van der Waals surface area contributed by atoms with Crippen molar-refractivity contribution in [2.24, 2.45) is 0 Å². The molecule has 2 N–H and O–H groups in total. The summed E-state index contributed by atoms with van der Waals surface area (Å²) in [5.74, 6) is -0.228. The van der Waals surface area contributed by atoms with Gasteiger partial charge in [-0.05, 0) is 6.42 Å². The molecule has 2 aromatic rings. The molecule has 0 unspecified atom stereocenters. The van der Waals surface area contributed by atoms with Crippen molar-refractivity contribution in [3.63, 3.8) is 0 Å². The highest BCUT2D eigenvalue weighted by Gasteiger charge is 2.22. The second kappa shape index (κ2) is 6.64. The van der Waals surface area contributed by atoms with Crippen LogP contribution in [0.3, 0.4) is 0 Å². The molecule has 6 nitrogen and oxygen atoms in total. The van der Waals surface area contributed by atoms with Crippen LogP contribution in [-0.4, -0.2) is 46.5 Å². The van der Waals surface area contributed by atoms with E-state index in [1.165, 1.54) is 12.5 Å². The summed E-state index contributed by atoms with van der Waals surface area (Å²) >= 11 is 0. The Labute approximate surface area is 134 Å². The molecule has 1 aromatic heterocycles. The van der Waals surface area contributed by atoms with Crippen LogP contribution in [-0.2, 0) is 22.4 Å². The van der Waals surface area contributed by atoms with Crippen LogP contribution in [0.15, 0.2) is 30.3 Å². The number of benzene rings is 1. The predicted molar refractivity (Wildman–Crippen MR) is 86.7 cm³/mol. The number of hydrogen-bond acceptors (Lipinski definition) is 3. The Balaban J connectivity index is 1.73. The van der Waals surface area contributed by atoms with E-state index in [2.05, 4.69) is 15.5 Å². The van der Waals surface area contributed by atoms with Crippen molar-refractivity contribution < 1.29 is 9.59 Å². The van der Waals surface area contributed by atoms with Crippen LogP contribution in [0.2, 0.25) is 0 Å². The summed E-state index contributed by atoms with van der Waals surface area (Å²) in [6.07, 6.45) is 1.52. The Morgan fingerprint density at radius 3 is 2.70 bits per heavy atom. The summed E-state index contributed by atoms with van der Waals surface area (Å²) in [4.78, 5) is 24.9. The lowest BCUT2D eigenvalue weighted by Gasteiger charge is -2.20. The maximum absolute atomic E-state index is 12.2. The minimum atomic E-state index is -0.186. The van der Waals surface area contributed by atoms with Gasteiger partial charge in [0, 0.05) is 43.3 Å². The predicted octanol–water partition coefficient (Wildman–Crippen LogP) is 1.14. The molecular weight excluding hydrogens is 292 g/mol. The molecule has 0 fully saturated rings. The minimum Gasteiger partial charge on any atom is -0.347 e. The number of aromatic nitrogens is 2. The van der Waals surface area contributed by atoms with Gasteiger partial charge in [-0.25, -0.2) is 0 Å². The topological polar surface area (TPSA) is 78.1 Å². The van der Waals surface area contributed by atoms with Crippen LogP contribution >= 0.6 is 0 Å². The Morgan fingerprint density at radius 1 is 1.22 bits per heavy atom. The first-order chi connectivity index (χ1) is 11.1. The van der Waals surface area contributed by atoms with E-state index in [-0.39, 0.29) is 18.4 Å². The molecule has 120 valence electrons. The molecule has 6 heteroatoms. The summed E-state index contributed by atoms with van der Waals surface area (Å²) < 4.78 is 0. The molecule has 1 aliphatic heterocycles. The van der Waals surface area contributed by atoms with Crippen molar-refractivity contribution in [2.45, 2.75) is 19.8 Å². The molecule has 3 rings (SSSR count).